The van der Waals surface area contributed by atoms with E-state index in [1.807, 2.05) is 25.1 Å². The number of carbonyl (C=O) groups is 1. The third kappa shape index (κ3) is 3.10. The maximum Gasteiger partial charge on any atom is 0.146 e. The number of Topliss-reactive ketones (excluding diaryl/α,β-unsaturated/α-hetero) is 1. The second-order valence-electron chi connectivity index (χ2n) is 5.61. The fourth-order valence-electron chi connectivity index (χ4n) is 3.05. The van der Waals surface area contributed by atoms with Crippen LogP contribution < -0.4 is 0 Å². The molecule has 0 aliphatic carbocycles. The molecule has 1 fully saturated rings. The van der Waals surface area contributed by atoms with Gasteiger partial charge in [-0.25, -0.2) is 0 Å². The molecule has 1 heterocycles. The summed E-state index contributed by atoms with van der Waals surface area (Å²) in [5, 5.41) is 0. The molecule has 1 aromatic rings. The third-order valence-corrected chi connectivity index (χ3v) is 4.35. The lowest BCUT2D eigenvalue weighted by atomic mass is 9.67. The highest BCUT2D eigenvalue weighted by Gasteiger charge is 2.42. The fourth-order valence-corrected chi connectivity index (χ4v) is 3.05. The van der Waals surface area contributed by atoms with Crippen LogP contribution in [0.15, 0.2) is 30.3 Å². The van der Waals surface area contributed by atoms with Gasteiger partial charge in [0.1, 0.15) is 5.78 Å². The maximum atomic E-state index is 13.0. The van der Waals surface area contributed by atoms with Crippen LogP contribution in [0.1, 0.15) is 31.7 Å². The predicted molar refractivity (Wildman–Crippen MR) is 78.8 cm³/mol. The molecule has 1 unspecified atom stereocenters. The van der Waals surface area contributed by atoms with Crippen molar-refractivity contribution >= 4 is 5.78 Å². The Bertz CT molecular complexity index is 421. The van der Waals surface area contributed by atoms with E-state index in [2.05, 4.69) is 12.1 Å². The molecule has 1 aliphatic heterocycles. The molecular weight excluding hydrogens is 252 g/mol. The summed E-state index contributed by atoms with van der Waals surface area (Å²) in [7, 11) is 1.68. The van der Waals surface area contributed by atoms with Gasteiger partial charge in [-0.05, 0) is 24.8 Å². The second kappa shape index (κ2) is 7.00. The van der Waals surface area contributed by atoms with Crippen LogP contribution in [0.25, 0.3) is 0 Å². The van der Waals surface area contributed by atoms with Crippen molar-refractivity contribution in [2.24, 2.45) is 5.92 Å². The number of hydrogen-bond donors (Lipinski definition) is 0. The molecule has 0 saturated carbocycles. The number of ketones is 1. The molecule has 0 aromatic heterocycles. The first kappa shape index (κ1) is 15.2. The van der Waals surface area contributed by atoms with Gasteiger partial charge in [0.25, 0.3) is 0 Å². The number of hydrogen-bond acceptors (Lipinski definition) is 3. The summed E-state index contributed by atoms with van der Waals surface area (Å²) in [6.07, 6.45) is 2.35. The van der Waals surface area contributed by atoms with Gasteiger partial charge in [-0.2, -0.15) is 0 Å². The Hall–Kier alpha value is -1.19. The zero-order valence-electron chi connectivity index (χ0n) is 12.4. The normalized spacial score (nSPS) is 19.5. The van der Waals surface area contributed by atoms with Gasteiger partial charge in [0.05, 0.1) is 5.41 Å². The molecule has 20 heavy (non-hydrogen) atoms. The topological polar surface area (TPSA) is 35.5 Å². The molecule has 1 aromatic carbocycles. The highest BCUT2D eigenvalue weighted by atomic mass is 16.5. The van der Waals surface area contributed by atoms with Crippen LogP contribution in [0.2, 0.25) is 0 Å². The Morgan fingerprint density at radius 3 is 2.55 bits per heavy atom. The molecule has 110 valence electrons. The van der Waals surface area contributed by atoms with Crippen molar-refractivity contribution in [1.82, 2.24) is 0 Å². The average molecular weight is 276 g/mol. The van der Waals surface area contributed by atoms with Crippen LogP contribution in [0.5, 0.6) is 0 Å². The molecule has 0 amide bonds. The Morgan fingerprint density at radius 2 is 1.95 bits per heavy atom. The van der Waals surface area contributed by atoms with Crippen molar-refractivity contribution in [3.05, 3.63) is 35.9 Å². The second-order valence-corrected chi connectivity index (χ2v) is 5.61. The van der Waals surface area contributed by atoms with E-state index >= 15 is 0 Å². The summed E-state index contributed by atoms with van der Waals surface area (Å²) in [4.78, 5) is 13.0. The van der Waals surface area contributed by atoms with E-state index in [0.717, 1.165) is 24.8 Å². The smallest absolute Gasteiger partial charge is 0.146 e. The van der Waals surface area contributed by atoms with Crippen molar-refractivity contribution in [2.75, 3.05) is 26.9 Å². The standard InChI is InChI=1S/C17H24O3/c1-14(8-11-19-2)16(18)17(9-12-20-13-10-17)15-6-4-3-5-7-15/h3-7,14H,8-13H2,1-2H3. The molecule has 0 N–H and O–H groups in total. The number of methoxy groups -OCH3 is 1. The van der Waals surface area contributed by atoms with Crippen LogP contribution in [0.3, 0.4) is 0 Å². The van der Waals surface area contributed by atoms with Gasteiger partial charge in [0.15, 0.2) is 0 Å². The summed E-state index contributed by atoms with van der Waals surface area (Å²) in [5.74, 6) is 0.359. The van der Waals surface area contributed by atoms with Crippen LogP contribution in [-0.4, -0.2) is 32.7 Å². The maximum absolute atomic E-state index is 13.0. The van der Waals surface area contributed by atoms with E-state index in [9.17, 15) is 4.79 Å². The highest BCUT2D eigenvalue weighted by Crippen LogP contribution is 2.38. The minimum absolute atomic E-state index is 0.0215. The van der Waals surface area contributed by atoms with Crippen LogP contribution in [0, 0.1) is 5.92 Å². The quantitative estimate of drug-likeness (QED) is 0.801. The molecule has 3 nitrogen and oxygen atoms in total. The average Bonchev–Trinajstić information content (AvgIpc) is 2.53. The van der Waals surface area contributed by atoms with Gasteiger partial charge in [-0.1, -0.05) is 37.3 Å². The molecular formula is C17H24O3. The lowest BCUT2D eigenvalue weighted by molar-refractivity contribution is -0.132. The van der Waals surface area contributed by atoms with Crippen LogP contribution in [-0.2, 0) is 19.7 Å². The zero-order valence-corrected chi connectivity index (χ0v) is 12.4. The summed E-state index contributed by atoms with van der Waals surface area (Å²) in [6.45, 7) is 3.98. The van der Waals surface area contributed by atoms with Gasteiger partial charge in [0.2, 0.25) is 0 Å². The van der Waals surface area contributed by atoms with Gasteiger partial charge in [-0.15, -0.1) is 0 Å². The monoisotopic (exact) mass is 276 g/mol. The van der Waals surface area contributed by atoms with Gasteiger partial charge >= 0.3 is 0 Å². The highest BCUT2D eigenvalue weighted by molar-refractivity contribution is 5.92. The minimum atomic E-state index is -0.368. The van der Waals surface area contributed by atoms with E-state index < -0.39 is 0 Å². The SMILES string of the molecule is COCCC(C)C(=O)C1(c2ccccc2)CCOCC1. The van der Waals surface area contributed by atoms with Gasteiger partial charge < -0.3 is 9.47 Å². The third-order valence-electron chi connectivity index (χ3n) is 4.35. The molecule has 1 saturated heterocycles. The van der Waals surface area contributed by atoms with Crippen molar-refractivity contribution in [3.63, 3.8) is 0 Å². The van der Waals surface area contributed by atoms with E-state index in [1.54, 1.807) is 7.11 Å². The molecule has 2 rings (SSSR count). The molecule has 0 radical (unpaired) electrons. The minimum Gasteiger partial charge on any atom is -0.385 e. The summed E-state index contributed by atoms with van der Waals surface area (Å²) < 4.78 is 10.6. The van der Waals surface area contributed by atoms with E-state index in [-0.39, 0.29) is 11.3 Å². The number of carbonyl (C=O) groups excluding carboxylic acids is 1. The Labute approximate surface area is 121 Å². The van der Waals surface area contributed by atoms with E-state index in [1.165, 1.54) is 0 Å². The first-order valence-electron chi connectivity index (χ1n) is 7.37. The fraction of sp³-hybridized carbons (Fsp3) is 0.588. The summed E-state index contributed by atoms with van der Waals surface area (Å²) in [5.41, 5.74) is 0.768. The largest absolute Gasteiger partial charge is 0.385 e. The molecule has 1 aliphatic rings. The lowest BCUT2D eigenvalue weighted by Crippen LogP contribution is -2.44. The zero-order chi connectivity index (χ0) is 14.4. The van der Waals surface area contributed by atoms with Crippen molar-refractivity contribution in [3.8, 4) is 0 Å². The van der Waals surface area contributed by atoms with Crippen LogP contribution in [0.4, 0.5) is 0 Å². The van der Waals surface area contributed by atoms with Crippen LogP contribution >= 0.6 is 0 Å². The first-order valence-corrected chi connectivity index (χ1v) is 7.37. The van der Waals surface area contributed by atoms with Crippen molar-refractivity contribution < 1.29 is 14.3 Å². The van der Waals surface area contributed by atoms with Gasteiger partial charge in [0, 0.05) is 32.8 Å². The molecule has 0 spiro atoms. The first-order chi connectivity index (χ1) is 9.70. The van der Waals surface area contributed by atoms with Crippen molar-refractivity contribution in [2.45, 2.75) is 31.6 Å². The predicted octanol–water partition coefficient (Wildman–Crippen LogP) is 2.98. The number of rotatable bonds is 6. The Balaban J connectivity index is 2.25. The van der Waals surface area contributed by atoms with Gasteiger partial charge in [-0.3, -0.25) is 4.79 Å². The van der Waals surface area contributed by atoms with Crippen molar-refractivity contribution in [1.29, 1.82) is 0 Å². The Morgan fingerprint density at radius 1 is 1.30 bits per heavy atom. The van der Waals surface area contributed by atoms with E-state index in [4.69, 9.17) is 9.47 Å². The Kier molecular flexibility index (Phi) is 5.32. The summed E-state index contributed by atoms with van der Waals surface area (Å²) in [6, 6.07) is 10.2. The lowest BCUT2D eigenvalue weighted by Gasteiger charge is -2.38. The van der Waals surface area contributed by atoms with E-state index in [0.29, 0.717) is 25.6 Å². The summed E-state index contributed by atoms with van der Waals surface area (Å²) >= 11 is 0. The number of benzene rings is 1. The number of ether oxygens (including phenoxy) is 2. The molecule has 1 atom stereocenters. The molecule has 3 heteroatoms. The molecule has 0 bridgehead atoms.